The molecule has 102 valence electrons. The number of benzene rings is 1. The summed E-state index contributed by atoms with van der Waals surface area (Å²) in [6.07, 6.45) is 2.51. The van der Waals surface area contributed by atoms with Gasteiger partial charge in [-0.1, -0.05) is 12.1 Å². The van der Waals surface area contributed by atoms with Crippen LogP contribution in [-0.4, -0.2) is 21.2 Å². The van der Waals surface area contributed by atoms with Crippen molar-refractivity contribution in [1.29, 1.82) is 0 Å². The fourth-order valence-corrected chi connectivity index (χ4v) is 2.09. The Bertz CT molecular complexity index is 736. The summed E-state index contributed by atoms with van der Waals surface area (Å²) in [6.45, 7) is 2.60. The molecule has 0 amide bonds. The van der Waals surface area contributed by atoms with E-state index >= 15 is 0 Å². The molecule has 5 heteroatoms. The van der Waals surface area contributed by atoms with Crippen LogP contribution in [0.15, 0.2) is 42.6 Å². The van der Waals surface area contributed by atoms with Crippen LogP contribution in [0.2, 0.25) is 0 Å². The highest BCUT2D eigenvalue weighted by molar-refractivity contribution is 5.47. The van der Waals surface area contributed by atoms with Crippen LogP contribution < -0.4 is 10.5 Å². The van der Waals surface area contributed by atoms with E-state index in [1.807, 2.05) is 53.9 Å². The smallest absolute Gasteiger partial charge is 0.160 e. The SMILES string of the molecule is Cc1cccc(OCCc2nnc3ccc(N)cn23)c1. The van der Waals surface area contributed by atoms with E-state index < -0.39 is 0 Å². The molecule has 0 saturated carbocycles. The Morgan fingerprint density at radius 1 is 1.20 bits per heavy atom. The number of hydrogen-bond acceptors (Lipinski definition) is 4. The molecular formula is C15H16N4O. The summed E-state index contributed by atoms with van der Waals surface area (Å²) >= 11 is 0. The van der Waals surface area contributed by atoms with Gasteiger partial charge < -0.3 is 10.5 Å². The van der Waals surface area contributed by atoms with Gasteiger partial charge in [0.05, 0.1) is 6.61 Å². The Morgan fingerprint density at radius 2 is 2.10 bits per heavy atom. The topological polar surface area (TPSA) is 65.4 Å². The second kappa shape index (κ2) is 5.21. The second-order valence-electron chi connectivity index (χ2n) is 4.72. The Balaban J connectivity index is 1.69. The van der Waals surface area contributed by atoms with Crippen molar-refractivity contribution in [2.45, 2.75) is 13.3 Å². The van der Waals surface area contributed by atoms with Crippen LogP contribution in [0.25, 0.3) is 5.65 Å². The van der Waals surface area contributed by atoms with E-state index in [9.17, 15) is 0 Å². The van der Waals surface area contributed by atoms with E-state index in [1.165, 1.54) is 5.56 Å². The van der Waals surface area contributed by atoms with Gasteiger partial charge in [0.15, 0.2) is 5.65 Å². The Hall–Kier alpha value is -2.56. The highest BCUT2D eigenvalue weighted by Crippen LogP contribution is 2.13. The number of pyridine rings is 1. The van der Waals surface area contributed by atoms with Gasteiger partial charge in [-0.25, -0.2) is 0 Å². The molecule has 2 N–H and O–H groups in total. The quantitative estimate of drug-likeness (QED) is 0.788. The lowest BCUT2D eigenvalue weighted by atomic mass is 10.2. The van der Waals surface area contributed by atoms with Gasteiger partial charge in [0.1, 0.15) is 11.6 Å². The molecule has 0 unspecified atom stereocenters. The van der Waals surface area contributed by atoms with E-state index in [0.717, 1.165) is 17.2 Å². The largest absolute Gasteiger partial charge is 0.493 e. The first-order valence-electron chi connectivity index (χ1n) is 6.51. The molecule has 20 heavy (non-hydrogen) atoms. The molecule has 3 aromatic rings. The molecule has 0 aliphatic heterocycles. The van der Waals surface area contributed by atoms with Crippen molar-refractivity contribution in [1.82, 2.24) is 14.6 Å². The molecule has 2 aromatic heterocycles. The number of rotatable bonds is 4. The first kappa shape index (κ1) is 12.5. The molecule has 0 atom stereocenters. The molecule has 1 aromatic carbocycles. The predicted molar refractivity (Wildman–Crippen MR) is 77.8 cm³/mol. The standard InChI is InChI=1S/C15H16N4O/c1-11-3-2-4-13(9-11)20-8-7-15-18-17-14-6-5-12(16)10-19(14)15/h2-6,9-10H,7-8,16H2,1H3. The molecule has 0 spiro atoms. The van der Waals surface area contributed by atoms with E-state index in [-0.39, 0.29) is 0 Å². The molecule has 0 fully saturated rings. The van der Waals surface area contributed by atoms with Crippen LogP contribution in [0.5, 0.6) is 5.75 Å². The Kier molecular flexibility index (Phi) is 3.25. The number of nitrogens with zero attached hydrogens (tertiary/aromatic N) is 3. The number of fused-ring (bicyclic) bond motifs is 1. The van der Waals surface area contributed by atoms with Crippen LogP contribution in [0.3, 0.4) is 0 Å². The van der Waals surface area contributed by atoms with Crippen LogP contribution in [0.4, 0.5) is 5.69 Å². The van der Waals surface area contributed by atoms with Crippen molar-refractivity contribution in [2.75, 3.05) is 12.3 Å². The summed E-state index contributed by atoms with van der Waals surface area (Å²) in [5.41, 5.74) is 8.45. The monoisotopic (exact) mass is 268 g/mol. The van der Waals surface area contributed by atoms with Gasteiger partial charge in [0, 0.05) is 18.3 Å². The third-order valence-electron chi connectivity index (χ3n) is 3.08. The molecule has 0 aliphatic rings. The van der Waals surface area contributed by atoms with E-state index in [2.05, 4.69) is 10.2 Å². The number of nitrogens with two attached hydrogens (primary N) is 1. The predicted octanol–water partition coefficient (Wildman–Crippen LogP) is 2.24. The lowest BCUT2D eigenvalue weighted by molar-refractivity contribution is 0.318. The first-order chi connectivity index (χ1) is 9.72. The highest BCUT2D eigenvalue weighted by Gasteiger charge is 2.05. The summed E-state index contributed by atoms with van der Waals surface area (Å²) in [5.74, 6) is 1.72. The molecule has 0 bridgehead atoms. The molecule has 3 rings (SSSR count). The van der Waals surface area contributed by atoms with Crippen LogP contribution in [-0.2, 0) is 6.42 Å². The molecule has 0 saturated heterocycles. The summed E-state index contributed by atoms with van der Waals surface area (Å²) < 4.78 is 7.62. The molecule has 5 nitrogen and oxygen atoms in total. The van der Waals surface area contributed by atoms with Crippen LogP contribution >= 0.6 is 0 Å². The van der Waals surface area contributed by atoms with Gasteiger partial charge >= 0.3 is 0 Å². The summed E-state index contributed by atoms with van der Waals surface area (Å²) in [5, 5.41) is 8.26. The fourth-order valence-electron chi connectivity index (χ4n) is 2.09. The average Bonchev–Trinajstić information content (AvgIpc) is 2.82. The van der Waals surface area contributed by atoms with E-state index in [0.29, 0.717) is 18.7 Å². The second-order valence-corrected chi connectivity index (χ2v) is 4.72. The lowest BCUT2D eigenvalue weighted by Crippen LogP contribution is -2.05. The van der Waals surface area contributed by atoms with Crippen molar-refractivity contribution in [2.24, 2.45) is 0 Å². The van der Waals surface area contributed by atoms with Gasteiger partial charge in [-0.15, -0.1) is 10.2 Å². The van der Waals surface area contributed by atoms with Crippen molar-refractivity contribution in [3.8, 4) is 5.75 Å². The zero-order chi connectivity index (χ0) is 13.9. The number of hydrogen-bond donors (Lipinski definition) is 1. The summed E-state index contributed by atoms with van der Waals surface area (Å²) in [7, 11) is 0. The van der Waals surface area contributed by atoms with E-state index in [4.69, 9.17) is 10.5 Å². The Morgan fingerprint density at radius 3 is 2.95 bits per heavy atom. The zero-order valence-corrected chi connectivity index (χ0v) is 11.3. The third-order valence-corrected chi connectivity index (χ3v) is 3.08. The minimum Gasteiger partial charge on any atom is -0.493 e. The maximum Gasteiger partial charge on any atom is 0.160 e. The van der Waals surface area contributed by atoms with Gasteiger partial charge in [-0.3, -0.25) is 4.40 Å². The number of aromatic nitrogens is 3. The third kappa shape index (κ3) is 2.56. The number of aryl methyl sites for hydroxylation is 1. The maximum atomic E-state index is 5.78. The van der Waals surface area contributed by atoms with Crippen molar-refractivity contribution in [3.05, 3.63) is 54.0 Å². The molecule has 0 radical (unpaired) electrons. The Labute approximate surface area is 117 Å². The number of ether oxygens (including phenoxy) is 1. The number of anilines is 1. The minimum atomic E-state index is 0.555. The van der Waals surface area contributed by atoms with Gasteiger partial charge in [-0.05, 0) is 36.8 Å². The molecular weight excluding hydrogens is 252 g/mol. The van der Waals surface area contributed by atoms with Crippen molar-refractivity contribution < 1.29 is 4.74 Å². The van der Waals surface area contributed by atoms with Gasteiger partial charge in [-0.2, -0.15) is 0 Å². The van der Waals surface area contributed by atoms with Crippen molar-refractivity contribution in [3.63, 3.8) is 0 Å². The van der Waals surface area contributed by atoms with Gasteiger partial charge in [0.2, 0.25) is 0 Å². The van der Waals surface area contributed by atoms with E-state index in [1.54, 1.807) is 0 Å². The van der Waals surface area contributed by atoms with Crippen molar-refractivity contribution >= 4 is 11.3 Å². The number of nitrogen functional groups attached to an aromatic ring is 1. The first-order valence-corrected chi connectivity index (χ1v) is 6.51. The fraction of sp³-hybridized carbons (Fsp3) is 0.200. The normalized spacial score (nSPS) is 10.8. The lowest BCUT2D eigenvalue weighted by Gasteiger charge is -2.06. The average molecular weight is 268 g/mol. The van der Waals surface area contributed by atoms with Gasteiger partial charge in [0.25, 0.3) is 0 Å². The molecule has 0 aliphatic carbocycles. The summed E-state index contributed by atoms with van der Waals surface area (Å²) in [4.78, 5) is 0. The zero-order valence-electron chi connectivity index (χ0n) is 11.3. The highest BCUT2D eigenvalue weighted by atomic mass is 16.5. The van der Waals surface area contributed by atoms with Crippen LogP contribution in [0, 0.1) is 6.92 Å². The molecule has 2 heterocycles. The maximum absolute atomic E-state index is 5.78. The summed E-state index contributed by atoms with van der Waals surface area (Å²) in [6, 6.07) is 11.7. The van der Waals surface area contributed by atoms with Crippen LogP contribution in [0.1, 0.15) is 11.4 Å². The minimum absolute atomic E-state index is 0.555.